The summed E-state index contributed by atoms with van der Waals surface area (Å²) in [6, 6.07) is 3.61. The Balaban J connectivity index is 3.11. The standard InChI is InChI=1S/C32H51NO8/c1-19(13-12-14-20(2)32(35)41-11)28(34)21(3)15-22(4)30(39-9)27(37-7)16-23(5)29(38-8)25-17-24(36-6)18-26(33)31(25)40-10/h12-15,17-19,22-23,27-30,34H,16,33H2,1-11H3/b13-12-,20-14+,21-15+/t19-,22-,23-,27-,28+,29+,30+/m0/s1. The quantitative estimate of drug-likeness (QED) is 0.0837. The Morgan fingerprint density at radius 3 is 2.12 bits per heavy atom. The average molecular weight is 578 g/mol. The lowest BCUT2D eigenvalue weighted by atomic mass is 9.86. The smallest absolute Gasteiger partial charge is 0.333 e. The van der Waals surface area contributed by atoms with Crippen LogP contribution in [0.3, 0.4) is 0 Å². The van der Waals surface area contributed by atoms with Gasteiger partial charge in [-0.2, -0.15) is 0 Å². The fraction of sp³-hybridized carbons (Fsp3) is 0.594. The number of aliphatic hydroxyl groups excluding tert-OH is 1. The summed E-state index contributed by atoms with van der Waals surface area (Å²) in [6.45, 7) is 9.63. The van der Waals surface area contributed by atoms with Crippen molar-refractivity contribution in [1.82, 2.24) is 0 Å². The van der Waals surface area contributed by atoms with E-state index in [0.29, 0.717) is 29.2 Å². The molecule has 3 N–H and O–H groups in total. The number of methoxy groups -OCH3 is 6. The van der Waals surface area contributed by atoms with Crippen molar-refractivity contribution >= 4 is 11.7 Å². The number of esters is 1. The molecule has 9 heteroatoms. The molecule has 0 aromatic heterocycles. The zero-order valence-electron chi connectivity index (χ0n) is 26.6. The number of nitrogens with two attached hydrogens (primary N) is 1. The molecule has 7 atom stereocenters. The summed E-state index contributed by atoms with van der Waals surface area (Å²) in [5, 5.41) is 10.9. The van der Waals surface area contributed by atoms with Gasteiger partial charge in [0.2, 0.25) is 0 Å². The lowest BCUT2D eigenvalue weighted by Crippen LogP contribution is -2.37. The lowest BCUT2D eigenvalue weighted by Gasteiger charge is -2.33. The van der Waals surface area contributed by atoms with Crippen LogP contribution in [0.15, 0.2) is 47.6 Å². The van der Waals surface area contributed by atoms with E-state index in [4.69, 9.17) is 34.2 Å². The summed E-state index contributed by atoms with van der Waals surface area (Å²) >= 11 is 0. The van der Waals surface area contributed by atoms with Crippen LogP contribution in [0.25, 0.3) is 0 Å². The first-order chi connectivity index (χ1) is 19.4. The highest BCUT2D eigenvalue weighted by atomic mass is 16.5. The van der Waals surface area contributed by atoms with Crippen LogP contribution in [0.5, 0.6) is 11.5 Å². The van der Waals surface area contributed by atoms with Crippen molar-refractivity contribution in [2.45, 2.75) is 65.5 Å². The van der Waals surface area contributed by atoms with Gasteiger partial charge in [-0.05, 0) is 37.8 Å². The zero-order valence-corrected chi connectivity index (χ0v) is 26.6. The number of rotatable bonds is 17. The molecule has 0 aliphatic rings. The molecule has 0 radical (unpaired) electrons. The SMILES string of the molecule is COC(=O)/C(C)=C/C=C\[C@H](C)[C@@H](O)/C(C)=C/[C@H](C)[C@@H](OC)[C@H](C[C@H](C)[C@@H](OC)c1cc(OC)cc(N)c1OC)OC. The molecule has 0 saturated heterocycles. The molecule has 232 valence electrons. The maximum absolute atomic E-state index is 11.6. The minimum Gasteiger partial charge on any atom is -0.497 e. The molecule has 0 aliphatic carbocycles. The first kappa shape index (κ1) is 36.2. The van der Waals surface area contributed by atoms with E-state index in [1.54, 1.807) is 60.7 Å². The van der Waals surface area contributed by atoms with Crippen molar-refractivity contribution in [3.05, 3.63) is 53.1 Å². The molecule has 0 unspecified atom stereocenters. The number of hydrogen-bond acceptors (Lipinski definition) is 9. The Morgan fingerprint density at radius 2 is 1.61 bits per heavy atom. The average Bonchev–Trinajstić information content (AvgIpc) is 2.95. The Bertz CT molecular complexity index is 1050. The summed E-state index contributed by atoms with van der Waals surface area (Å²) < 4.78 is 33.5. The number of ether oxygens (including phenoxy) is 6. The first-order valence-electron chi connectivity index (χ1n) is 13.8. The van der Waals surface area contributed by atoms with Gasteiger partial charge in [0.05, 0.1) is 51.4 Å². The van der Waals surface area contributed by atoms with Gasteiger partial charge in [-0.1, -0.05) is 45.1 Å². The van der Waals surface area contributed by atoms with Gasteiger partial charge >= 0.3 is 5.97 Å². The topological polar surface area (TPSA) is 119 Å². The summed E-state index contributed by atoms with van der Waals surface area (Å²) in [6.07, 6.45) is 6.35. The summed E-state index contributed by atoms with van der Waals surface area (Å²) in [7, 11) is 9.51. The van der Waals surface area contributed by atoms with Gasteiger partial charge < -0.3 is 39.3 Å². The van der Waals surface area contributed by atoms with Crippen LogP contribution in [0.1, 0.15) is 52.7 Å². The van der Waals surface area contributed by atoms with Gasteiger partial charge in [0, 0.05) is 50.4 Å². The van der Waals surface area contributed by atoms with Gasteiger partial charge in [0.15, 0.2) is 0 Å². The number of carbonyl (C=O) groups excluding carboxylic acids is 1. The molecule has 9 nitrogen and oxygen atoms in total. The Labute approximate surface area is 246 Å². The third-order valence-electron chi connectivity index (χ3n) is 7.46. The third-order valence-corrected chi connectivity index (χ3v) is 7.46. The number of anilines is 1. The molecule has 0 bridgehead atoms. The molecule has 0 amide bonds. The largest absolute Gasteiger partial charge is 0.497 e. The first-order valence-corrected chi connectivity index (χ1v) is 13.8. The molecule has 1 aromatic rings. The van der Waals surface area contributed by atoms with E-state index in [9.17, 15) is 9.90 Å². The highest BCUT2D eigenvalue weighted by molar-refractivity contribution is 5.87. The summed E-state index contributed by atoms with van der Waals surface area (Å²) in [5.41, 5.74) is 8.81. The van der Waals surface area contributed by atoms with Gasteiger partial charge in [-0.15, -0.1) is 0 Å². The molecular formula is C32H51NO8. The highest BCUT2D eigenvalue weighted by Gasteiger charge is 2.32. The van der Waals surface area contributed by atoms with Gasteiger partial charge in [-0.3, -0.25) is 0 Å². The highest BCUT2D eigenvalue weighted by Crippen LogP contribution is 2.41. The van der Waals surface area contributed by atoms with Crippen molar-refractivity contribution in [2.24, 2.45) is 17.8 Å². The fourth-order valence-electron chi connectivity index (χ4n) is 5.17. The molecule has 1 aromatic carbocycles. The van der Waals surface area contributed by atoms with Crippen molar-refractivity contribution in [2.75, 3.05) is 48.4 Å². The normalized spacial score (nSPS) is 17.9. The molecule has 1 rings (SSSR count). The minimum atomic E-state index is -0.707. The van der Waals surface area contributed by atoms with Gasteiger partial charge in [-0.25, -0.2) is 4.79 Å². The number of allylic oxidation sites excluding steroid dienone is 2. The second kappa shape index (κ2) is 17.9. The van der Waals surface area contributed by atoms with Crippen molar-refractivity contribution < 1.29 is 38.3 Å². The number of hydrogen-bond donors (Lipinski definition) is 2. The number of benzene rings is 1. The van der Waals surface area contributed by atoms with E-state index in [-0.39, 0.29) is 42.0 Å². The summed E-state index contributed by atoms with van der Waals surface area (Å²) in [4.78, 5) is 11.6. The van der Waals surface area contributed by atoms with Gasteiger partial charge in [0.25, 0.3) is 0 Å². The van der Waals surface area contributed by atoms with E-state index < -0.39 is 6.10 Å². The van der Waals surface area contributed by atoms with Crippen LogP contribution in [-0.4, -0.2) is 72.0 Å². The lowest BCUT2D eigenvalue weighted by molar-refractivity contribution is -0.136. The maximum Gasteiger partial charge on any atom is 0.333 e. The van der Waals surface area contributed by atoms with Crippen LogP contribution in [0.4, 0.5) is 5.69 Å². The van der Waals surface area contributed by atoms with Crippen LogP contribution < -0.4 is 15.2 Å². The second-order valence-electron chi connectivity index (χ2n) is 10.5. The molecule has 0 spiro atoms. The van der Waals surface area contributed by atoms with Crippen molar-refractivity contribution in [1.29, 1.82) is 0 Å². The van der Waals surface area contributed by atoms with Crippen LogP contribution in [-0.2, 0) is 23.7 Å². The zero-order chi connectivity index (χ0) is 31.3. The Morgan fingerprint density at radius 1 is 0.951 bits per heavy atom. The van der Waals surface area contributed by atoms with Crippen LogP contribution in [0.2, 0.25) is 0 Å². The van der Waals surface area contributed by atoms with Crippen molar-refractivity contribution in [3.63, 3.8) is 0 Å². The molecule has 0 aliphatic heterocycles. The Kier molecular flexibility index (Phi) is 15.8. The molecule has 0 heterocycles. The monoisotopic (exact) mass is 577 g/mol. The number of aliphatic hydroxyl groups is 1. The van der Waals surface area contributed by atoms with Crippen LogP contribution in [0, 0.1) is 17.8 Å². The summed E-state index contributed by atoms with van der Waals surface area (Å²) in [5.74, 6) is 0.556. The second-order valence-corrected chi connectivity index (χ2v) is 10.5. The predicted molar refractivity (Wildman–Crippen MR) is 162 cm³/mol. The Hall–Kier alpha value is -2.85. The molecule has 0 fully saturated rings. The van der Waals surface area contributed by atoms with E-state index in [0.717, 1.165) is 11.1 Å². The molecule has 41 heavy (non-hydrogen) atoms. The predicted octanol–water partition coefficient (Wildman–Crippen LogP) is 5.28. The minimum absolute atomic E-state index is 0.00228. The molecular weight excluding hydrogens is 526 g/mol. The van der Waals surface area contributed by atoms with E-state index in [1.165, 1.54) is 7.11 Å². The maximum atomic E-state index is 11.6. The molecule has 0 saturated carbocycles. The van der Waals surface area contributed by atoms with E-state index >= 15 is 0 Å². The third kappa shape index (κ3) is 10.2. The van der Waals surface area contributed by atoms with Gasteiger partial charge in [0.1, 0.15) is 11.5 Å². The van der Waals surface area contributed by atoms with E-state index in [2.05, 4.69) is 6.92 Å². The number of nitrogen functional groups attached to an aromatic ring is 1. The number of carbonyl (C=O) groups is 1. The van der Waals surface area contributed by atoms with Crippen LogP contribution >= 0.6 is 0 Å². The van der Waals surface area contributed by atoms with Crippen molar-refractivity contribution in [3.8, 4) is 11.5 Å². The fourth-order valence-corrected chi connectivity index (χ4v) is 5.17. The van der Waals surface area contributed by atoms with E-state index in [1.807, 2.05) is 39.0 Å².